The molecular weight excluding hydrogens is 655 g/mol. The van der Waals surface area contributed by atoms with E-state index in [-0.39, 0.29) is 11.5 Å². The van der Waals surface area contributed by atoms with Gasteiger partial charge in [0.05, 0.1) is 28.4 Å². The van der Waals surface area contributed by atoms with Crippen LogP contribution in [0.25, 0.3) is 0 Å². The molecule has 2 N–H and O–H groups in total. The van der Waals surface area contributed by atoms with Crippen molar-refractivity contribution in [2.75, 3.05) is 29.9 Å². The second kappa shape index (κ2) is 14.6. The van der Waals surface area contributed by atoms with Gasteiger partial charge in [-0.25, -0.2) is 18.2 Å². The first kappa shape index (κ1) is 32.2. The van der Waals surface area contributed by atoms with Crippen LogP contribution >= 0.6 is 15.9 Å². The largest absolute Gasteiger partial charge is 0.496 e. The van der Waals surface area contributed by atoms with E-state index in [4.69, 9.17) is 9.47 Å². The molecule has 0 saturated heterocycles. The molecule has 4 rings (SSSR count). The molecular formula is C31H28BrFN4O6S. The highest BCUT2D eigenvalue weighted by Crippen LogP contribution is 2.30. The molecule has 0 aliphatic heterocycles. The minimum absolute atomic E-state index is 0.0303. The summed E-state index contributed by atoms with van der Waals surface area (Å²) in [6.45, 7) is 1.09. The molecule has 0 spiro atoms. The van der Waals surface area contributed by atoms with Crippen LogP contribution in [0.1, 0.15) is 11.1 Å². The zero-order chi connectivity index (χ0) is 31.7. The highest BCUT2D eigenvalue weighted by Gasteiger charge is 2.28. The van der Waals surface area contributed by atoms with Gasteiger partial charge in [-0.2, -0.15) is 5.10 Å². The summed E-state index contributed by atoms with van der Waals surface area (Å²) in [5, 5.41) is 6.55. The number of amides is 2. The number of ether oxygens (including phenoxy) is 2. The lowest BCUT2D eigenvalue weighted by Crippen LogP contribution is -2.39. The molecule has 4 aromatic rings. The summed E-state index contributed by atoms with van der Waals surface area (Å²) in [4.78, 5) is 24.9. The van der Waals surface area contributed by atoms with Gasteiger partial charge in [0.15, 0.2) is 6.61 Å². The van der Waals surface area contributed by atoms with Gasteiger partial charge in [0.1, 0.15) is 23.9 Å². The van der Waals surface area contributed by atoms with Crippen LogP contribution in [0, 0.1) is 12.7 Å². The highest BCUT2D eigenvalue weighted by atomic mass is 79.9. The van der Waals surface area contributed by atoms with E-state index >= 15 is 0 Å². The van der Waals surface area contributed by atoms with Crippen molar-refractivity contribution in [3.8, 4) is 11.5 Å². The van der Waals surface area contributed by atoms with Gasteiger partial charge in [-0.3, -0.25) is 13.9 Å². The highest BCUT2D eigenvalue weighted by molar-refractivity contribution is 9.10. The number of carbonyl (C=O) groups excluding carboxylic acids is 2. The first-order valence-electron chi connectivity index (χ1n) is 13.1. The van der Waals surface area contributed by atoms with Gasteiger partial charge < -0.3 is 14.8 Å². The van der Waals surface area contributed by atoms with E-state index in [9.17, 15) is 22.4 Å². The van der Waals surface area contributed by atoms with E-state index in [1.807, 2.05) is 6.92 Å². The van der Waals surface area contributed by atoms with Crippen molar-refractivity contribution >= 4 is 55.4 Å². The normalized spacial score (nSPS) is 11.2. The Hall–Kier alpha value is -4.75. The first-order valence-corrected chi connectivity index (χ1v) is 15.3. The maximum absolute atomic E-state index is 13.6. The van der Waals surface area contributed by atoms with Crippen molar-refractivity contribution in [3.05, 3.63) is 112 Å². The van der Waals surface area contributed by atoms with E-state index in [1.165, 1.54) is 55.8 Å². The van der Waals surface area contributed by atoms with Crippen molar-refractivity contribution < 1.29 is 31.9 Å². The lowest BCUT2D eigenvalue weighted by atomic mass is 10.2. The Morgan fingerprint density at radius 2 is 1.64 bits per heavy atom. The summed E-state index contributed by atoms with van der Waals surface area (Å²) in [7, 11) is -2.67. The predicted molar refractivity (Wildman–Crippen MR) is 169 cm³/mol. The third-order valence-electron chi connectivity index (χ3n) is 6.10. The molecule has 0 unspecified atom stereocenters. The second-order valence-corrected chi connectivity index (χ2v) is 12.1. The lowest BCUT2D eigenvalue weighted by Gasteiger charge is -2.24. The first-order chi connectivity index (χ1) is 21.0. The van der Waals surface area contributed by atoms with Gasteiger partial charge >= 0.3 is 0 Å². The van der Waals surface area contributed by atoms with E-state index in [2.05, 4.69) is 31.8 Å². The minimum Gasteiger partial charge on any atom is -0.496 e. The average molecular weight is 684 g/mol. The molecule has 0 aliphatic rings. The average Bonchev–Trinajstić information content (AvgIpc) is 3.01. The summed E-state index contributed by atoms with van der Waals surface area (Å²) in [6.07, 6.45) is 1.38. The fourth-order valence-corrected chi connectivity index (χ4v) is 5.97. The SMILES string of the molecule is COc1ccc(S(=O)(=O)N(CC(=O)N/N=C/c2ccc(OCC(=O)Nc3ccc(F)cc3)cc2)c2ccc(C)cc2)cc1Br. The van der Waals surface area contributed by atoms with Crippen LogP contribution in [0.2, 0.25) is 0 Å². The van der Waals surface area contributed by atoms with Gasteiger partial charge in [0.25, 0.3) is 21.8 Å². The number of aryl methyl sites for hydroxylation is 1. The quantitative estimate of drug-likeness (QED) is 0.155. The molecule has 0 atom stereocenters. The maximum Gasteiger partial charge on any atom is 0.264 e. The Balaban J connectivity index is 1.37. The number of halogens is 2. The molecule has 13 heteroatoms. The Morgan fingerprint density at radius 3 is 2.27 bits per heavy atom. The molecule has 2 amide bonds. The number of nitrogens with zero attached hydrogens (tertiary/aromatic N) is 2. The molecule has 10 nitrogen and oxygen atoms in total. The molecule has 228 valence electrons. The lowest BCUT2D eigenvalue weighted by molar-refractivity contribution is -0.119. The fraction of sp³-hybridized carbons (Fsp3) is 0.129. The minimum atomic E-state index is -4.15. The predicted octanol–water partition coefficient (Wildman–Crippen LogP) is 5.27. The molecule has 0 bridgehead atoms. The van der Waals surface area contributed by atoms with Gasteiger partial charge in [0.2, 0.25) is 0 Å². The van der Waals surface area contributed by atoms with Gasteiger partial charge in [-0.15, -0.1) is 0 Å². The number of benzene rings is 4. The van der Waals surface area contributed by atoms with Crippen LogP contribution in [0.4, 0.5) is 15.8 Å². The van der Waals surface area contributed by atoms with Gasteiger partial charge in [0, 0.05) is 5.69 Å². The summed E-state index contributed by atoms with van der Waals surface area (Å²) in [5.41, 5.74) is 4.66. The van der Waals surface area contributed by atoms with Gasteiger partial charge in [-0.1, -0.05) is 17.7 Å². The molecule has 0 radical (unpaired) electrons. The van der Waals surface area contributed by atoms with Crippen LogP contribution < -0.4 is 24.5 Å². The number of sulfonamides is 1. The molecule has 0 fully saturated rings. The summed E-state index contributed by atoms with van der Waals surface area (Å²) in [5.74, 6) is -0.594. The Labute approximate surface area is 262 Å². The Bertz CT molecular complexity index is 1750. The number of rotatable bonds is 12. The zero-order valence-corrected chi connectivity index (χ0v) is 26.1. The standard InChI is InChI=1S/C31H28BrFN4O6S/c1-21-3-11-25(12-4-21)37(44(40,41)27-15-16-29(42-2)28(32)17-27)19-30(38)36-34-18-22-5-13-26(14-6-22)43-20-31(39)35-24-9-7-23(33)8-10-24/h3-18H,19-20H2,1-2H3,(H,35,39)(H,36,38)/b34-18+. The number of methoxy groups -OCH3 is 1. The van der Waals surface area contributed by atoms with Crippen molar-refractivity contribution in [1.29, 1.82) is 0 Å². The smallest absolute Gasteiger partial charge is 0.264 e. The maximum atomic E-state index is 13.6. The number of hydrogen-bond donors (Lipinski definition) is 2. The van der Waals surface area contributed by atoms with Crippen molar-refractivity contribution in [1.82, 2.24) is 5.43 Å². The second-order valence-electron chi connectivity index (χ2n) is 9.35. The van der Waals surface area contributed by atoms with E-state index in [0.29, 0.717) is 32.9 Å². The van der Waals surface area contributed by atoms with E-state index in [1.54, 1.807) is 48.5 Å². The van der Waals surface area contributed by atoms with Crippen LogP contribution in [-0.2, 0) is 19.6 Å². The van der Waals surface area contributed by atoms with Crippen LogP contribution in [0.3, 0.4) is 0 Å². The molecule has 4 aromatic carbocycles. The van der Waals surface area contributed by atoms with Crippen molar-refractivity contribution in [3.63, 3.8) is 0 Å². The summed E-state index contributed by atoms with van der Waals surface area (Å²) in [6, 6.07) is 23.0. The molecule has 0 saturated carbocycles. The molecule has 0 aromatic heterocycles. The van der Waals surface area contributed by atoms with Crippen molar-refractivity contribution in [2.24, 2.45) is 5.10 Å². The van der Waals surface area contributed by atoms with Crippen LogP contribution in [0.15, 0.2) is 105 Å². The Kier molecular flexibility index (Phi) is 10.7. The van der Waals surface area contributed by atoms with Crippen LogP contribution in [0.5, 0.6) is 11.5 Å². The van der Waals surface area contributed by atoms with E-state index < -0.39 is 34.2 Å². The number of nitrogens with one attached hydrogen (secondary N) is 2. The summed E-state index contributed by atoms with van der Waals surface area (Å²) < 4.78 is 52.4. The summed E-state index contributed by atoms with van der Waals surface area (Å²) >= 11 is 3.31. The van der Waals surface area contributed by atoms with Crippen molar-refractivity contribution in [2.45, 2.75) is 11.8 Å². The van der Waals surface area contributed by atoms with E-state index in [0.717, 1.165) is 9.87 Å². The number of hydrazone groups is 1. The zero-order valence-electron chi connectivity index (χ0n) is 23.7. The fourth-order valence-electron chi connectivity index (χ4n) is 3.83. The molecule has 0 aliphatic carbocycles. The number of anilines is 2. The molecule has 44 heavy (non-hydrogen) atoms. The number of hydrogen-bond acceptors (Lipinski definition) is 7. The third kappa shape index (κ3) is 8.64. The monoisotopic (exact) mass is 682 g/mol. The number of carbonyl (C=O) groups is 2. The Morgan fingerprint density at radius 1 is 0.955 bits per heavy atom. The molecule has 0 heterocycles. The topological polar surface area (TPSA) is 126 Å². The van der Waals surface area contributed by atoms with Crippen LogP contribution in [-0.4, -0.2) is 46.7 Å². The third-order valence-corrected chi connectivity index (χ3v) is 8.49. The van der Waals surface area contributed by atoms with Gasteiger partial charge in [-0.05, 0) is 107 Å².